The molecule has 0 bridgehead atoms. The third kappa shape index (κ3) is 6.62. The van der Waals surface area contributed by atoms with Crippen LogP contribution in [0.25, 0.3) is 0 Å². The second-order valence-electron chi connectivity index (χ2n) is 5.83. The number of aliphatic imine (C=N–C) groups is 1. The third-order valence-corrected chi connectivity index (χ3v) is 3.34. The molecule has 0 spiro atoms. The van der Waals surface area contributed by atoms with Crippen molar-refractivity contribution >= 4 is 17.7 Å². The van der Waals surface area contributed by atoms with Crippen molar-refractivity contribution in [3.8, 4) is 0 Å². The predicted molar refractivity (Wildman–Crippen MR) is 85.8 cm³/mol. The van der Waals surface area contributed by atoms with Gasteiger partial charge in [-0.25, -0.2) is 0 Å². The number of nitrogens with zero attached hydrogens (tertiary/aromatic N) is 1. The predicted octanol–water partition coefficient (Wildman–Crippen LogP) is 3.76. The Morgan fingerprint density at radius 1 is 1.30 bits per heavy atom. The maximum atomic E-state index is 10.3. The molecular formula is C17H26N2O. The van der Waals surface area contributed by atoms with Crippen molar-refractivity contribution < 1.29 is 4.79 Å². The lowest BCUT2D eigenvalue weighted by atomic mass is 9.83. The van der Waals surface area contributed by atoms with Crippen molar-refractivity contribution in [3.63, 3.8) is 0 Å². The maximum Gasteiger partial charge on any atom is 0.133 e. The van der Waals surface area contributed by atoms with Gasteiger partial charge in [0.15, 0.2) is 0 Å². The minimum atomic E-state index is 0.194. The molecule has 0 aromatic heterocycles. The van der Waals surface area contributed by atoms with E-state index < -0.39 is 0 Å². The Bertz CT molecular complexity index is 424. The van der Waals surface area contributed by atoms with Gasteiger partial charge in [-0.2, -0.15) is 0 Å². The molecule has 0 aliphatic rings. The number of carbonyl (C=O) groups excluding carboxylic acids is 1. The molecule has 0 radical (unpaired) electrons. The Balaban J connectivity index is 2.58. The Morgan fingerprint density at radius 3 is 2.60 bits per heavy atom. The van der Waals surface area contributed by atoms with Crippen LogP contribution < -0.4 is 5.32 Å². The van der Waals surface area contributed by atoms with E-state index in [9.17, 15) is 4.79 Å². The van der Waals surface area contributed by atoms with Gasteiger partial charge in [-0.1, -0.05) is 39.0 Å². The zero-order valence-electron chi connectivity index (χ0n) is 12.9. The van der Waals surface area contributed by atoms with Crippen LogP contribution in [0.15, 0.2) is 35.3 Å². The normalized spacial score (nSPS) is 12.4. The van der Waals surface area contributed by atoms with E-state index in [-0.39, 0.29) is 5.41 Å². The molecule has 0 fully saturated rings. The van der Waals surface area contributed by atoms with Crippen molar-refractivity contribution in [1.82, 2.24) is 5.32 Å². The molecule has 0 unspecified atom stereocenters. The van der Waals surface area contributed by atoms with E-state index in [4.69, 9.17) is 4.99 Å². The van der Waals surface area contributed by atoms with Crippen LogP contribution in [0.2, 0.25) is 0 Å². The molecule has 1 aromatic carbocycles. The molecule has 1 N–H and O–H groups in total. The Kier molecular flexibility index (Phi) is 7.16. The van der Waals surface area contributed by atoms with E-state index in [1.165, 1.54) is 5.71 Å². The highest BCUT2D eigenvalue weighted by Gasteiger charge is 2.19. The lowest BCUT2D eigenvalue weighted by Crippen LogP contribution is -2.25. The van der Waals surface area contributed by atoms with Gasteiger partial charge in [-0.3, -0.25) is 4.99 Å². The molecule has 20 heavy (non-hydrogen) atoms. The summed E-state index contributed by atoms with van der Waals surface area (Å²) in [7, 11) is 0. The number of benzene rings is 1. The summed E-state index contributed by atoms with van der Waals surface area (Å²) in [4.78, 5) is 15.0. The van der Waals surface area contributed by atoms with Crippen molar-refractivity contribution in [3.05, 3.63) is 30.3 Å². The second kappa shape index (κ2) is 8.64. The number of carbonyl (C=O) groups is 1. The number of aldehydes is 1. The fraction of sp³-hybridized carbons (Fsp3) is 0.529. The Morgan fingerprint density at radius 2 is 2.00 bits per heavy atom. The minimum absolute atomic E-state index is 0.194. The number of hydrogen-bond acceptors (Lipinski definition) is 3. The van der Waals surface area contributed by atoms with Crippen LogP contribution in [0.3, 0.4) is 0 Å². The number of para-hydroxylation sites is 1. The largest absolute Gasteiger partial charge is 0.310 e. The summed E-state index contributed by atoms with van der Waals surface area (Å²) < 4.78 is 0. The molecule has 110 valence electrons. The first kappa shape index (κ1) is 16.6. The monoisotopic (exact) mass is 274 g/mol. The van der Waals surface area contributed by atoms with Gasteiger partial charge in [0.05, 0.1) is 12.2 Å². The lowest BCUT2D eigenvalue weighted by molar-refractivity contribution is -0.107. The van der Waals surface area contributed by atoms with Crippen LogP contribution in [-0.2, 0) is 4.79 Å². The molecule has 0 aliphatic heterocycles. The first-order valence-electron chi connectivity index (χ1n) is 7.33. The number of rotatable bonds is 9. The summed E-state index contributed by atoms with van der Waals surface area (Å²) >= 11 is 0. The van der Waals surface area contributed by atoms with E-state index >= 15 is 0 Å². The van der Waals surface area contributed by atoms with Crippen LogP contribution in [0.4, 0.5) is 5.69 Å². The average molecular weight is 274 g/mol. The highest BCUT2D eigenvalue weighted by molar-refractivity contribution is 5.87. The van der Waals surface area contributed by atoms with Crippen LogP contribution in [0, 0.1) is 5.41 Å². The smallest absolute Gasteiger partial charge is 0.133 e. The molecule has 0 aliphatic carbocycles. The average Bonchev–Trinajstić information content (AvgIpc) is 2.44. The van der Waals surface area contributed by atoms with Gasteiger partial charge in [-0.15, -0.1) is 0 Å². The maximum absolute atomic E-state index is 10.3. The van der Waals surface area contributed by atoms with Gasteiger partial charge >= 0.3 is 0 Å². The SMILES string of the molecule is CCC(CC(C)(C)CCNCC=O)=Nc1ccccc1. The van der Waals surface area contributed by atoms with Crippen molar-refractivity contribution in [2.75, 3.05) is 13.1 Å². The highest BCUT2D eigenvalue weighted by Crippen LogP contribution is 2.27. The van der Waals surface area contributed by atoms with E-state index in [2.05, 4.69) is 26.1 Å². The van der Waals surface area contributed by atoms with Crippen LogP contribution >= 0.6 is 0 Å². The molecule has 0 saturated heterocycles. The van der Waals surface area contributed by atoms with Gasteiger partial charge in [0, 0.05) is 5.71 Å². The summed E-state index contributed by atoms with van der Waals surface area (Å²) in [6.07, 6.45) is 3.90. The molecule has 1 rings (SSSR count). The van der Waals surface area contributed by atoms with Crippen LogP contribution in [0.5, 0.6) is 0 Å². The molecule has 0 saturated carbocycles. The molecule has 0 heterocycles. The molecule has 1 aromatic rings. The van der Waals surface area contributed by atoms with E-state index in [1.807, 2.05) is 30.3 Å². The van der Waals surface area contributed by atoms with E-state index in [0.29, 0.717) is 6.54 Å². The fourth-order valence-corrected chi connectivity index (χ4v) is 2.16. The summed E-state index contributed by atoms with van der Waals surface area (Å²) in [5.74, 6) is 0. The quantitative estimate of drug-likeness (QED) is 0.423. The fourth-order valence-electron chi connectivity index (χ4n) is 2.16. The molecule has 3 nitrogen and oxygen atoms in total. The van der Waals surface area contributed by atoms with Gasteiger partial charge in [0.2, 0.25) is 0 Å². The van der Waals surface area contributed by atoms with Crippen LogP contribution in [-0.4, -0.2) is 25.1 Å². The van der Waals surface area contributed by atoms with E-state index in [1.54, 1.807) is 0 Å². The zero-order chi connectivity index (χ0) is 14.8. The van der Waals surface area contributed by atoms with Crippen LogP contribution in [0.1, 0.15) is 40.0 Å². The first-order chi connectivity index (χ1) is 9.57. The molecule has 3 heteroatoms. The lowest BCUT2D eigenvalue weighted by Gasteiger charge is -2.25. The Labute approximate surface area is 122 Å². The van der Waals surface area contributed by atoms with Gasteiger partial charge in [0.1, 0.15) is 6.29 Å². The van der Waals surface area contributed by atoms with Gasteiger partial charge in [-0.05, 0) is 43.4 Å². The van der Waals surface area contributed by atoms with E-state index in [0.717, 1.165) is 37.8 Å². The Hall–Kier alpha value is -1.48. The second-order valence-corrected chi connectivity index (χ2v) is 5.83. The van der Waals surface area contributed by atoms with Gasteiger partial charge < -0.3 is 10.1 Å². The molecule has 0 amide bonds. The third-order valence-electron chi connectivity index (χ3n) is 3.34. The minimum Gasteiger partial charge on any atom is -0.310 e. The topological polar surface area (TPSA) is 41.5 Å². The standard InChI is InChI=1S/C17H26N2O/c1-4-15(19-16-8-6-5-7-9-16)14-17(2,3)10-11-18-12-13-20/h5-9,13,18H,4,10-12,14H2,1-3H3. The van der Waals surface area contributed by atoms with Crippen molar-refractivity contribution in [1.29, 1.82) is 0 Å². The summed E-state index contributed by atoms with van der Waals surface area (Å²) in [5.41, 5.74) is 2.45. The number of hydrogen-bond donors (Lipinski definition) is 1. The first-order valence-corrected chi connectivity index (χ1v) is 7.33. The molecule has 0 atom stereocenters. The summed E-state index contributed by atoms with van der Waals surface area (Å²) in [5, 5.41) is 3.12. The zero-order valence-corrected chi connectivity index (χ0v) is 12.9. The van der Waals surface area contributed by atoms with Crippen molar-refractivity contribution in [2.24, 2.45) is 10.4 Å². The summed E-state index contributed by atoms with van der Waals surface area (Å²) in [6.45, 7) is 7.98. The number of nitrogens with one attached hydrogen (secondary N) is 1. The van der Waals surface area contributed by atoms with Gasteiger partial charge in [0.25, 0.3) is 0 Å². The highest BCUT2D eigenvalue weighted by atomic mass is 16.1. The molecular weight excluding hydrogens is 248 g/mol. The summed E-state index contributed by atoms with van der Waals surface area (Å²) in [6, 6.07) is 10.1. The van der Waals surface area contributed by atoms with Crippen molar-refractivity contribution in [2.45, 2.75) is 40.0 Å².